The van der Waals surface area contributed by atoms with Crippen LogP contribution in [0, 0.1) is 5.92 Å². The molecule has 0 aromatic heterocycles. The van der Waals surface area contributed by atoms with E-state index in [9.17, 15) is 14.7 Å². The zero-order chi connectivity index (χ0) is 28.2. The van der Waals surface area contributed by atoms with Crippen LogP contribution in [-0.2, 0) is 15.1 Å². The van der Waals surface area contributed by atoms with Crippen molar-refractivity contribution in [3.63, 3.8) is 0 Å². The van der Waals surface area contributed by atoms with Crippen LogP contribution in [0.25, 0.3) is 0 Å². The molecule has 8 nitrogen and oxygen atoms in total. The molecule has 0 radical (unpaired) electrons. The lowest BCUT2D eigenvalue weighted by Gasteiger charge is -2.52. The Balaban J connectivity index is 1.26. The van der Waals surface area contributed by atoms with Gasteiger partial charge in [0, 0.05) is 24.8 Å². The molecule has 210 valence electrons. The van der Waals surface area contributed by atoms with E-state index >= 15 is 0 Å². The van der Waals surface area contributed by atoms with Crippen molar-refractivity contribution >= 4 is 11.9 Å². The van der Waals surface area contributed by atoms with Gasteiger partial charge in [-0.25, -0.2) is 4.79 Å². The van der Waals surface area contributed by atoms with Crippen LogP contribution in [0.4, 0.5) is 0 Å². The first-order chi connectivity index (χ1) is 19.4. The molecular weight excluding hydrogens is 508 g/mol. The topological polar surface area (TPSA) is 94.1 Å². The highest BCUT2D eigenvalue weighted by molar-refractivity contribution is 5.97. The van der Waals surface area contributed by atoms with Gasteiger partial charge in [0.1, 0.15) is 18.0 Å². The van der Waals surface area contributed by atoms with Gasteiger partial charge in [-0.2, -0.15) is 0 Å². The fraction of sp³-hybridized carbons (Fsp3) is 0.375. The molecule has 40 heavy (non-hydrogen) atoms. The van der Waals surface area contributed by atoms with Crippen LogP contribution in [0.5, 0.6) is 11.5 Å². The molecule has 3 aliphatic heterocycles. The number of ether oxygens (including phenoxy) is 3. The predicted octanol–water partition coefficient (Wildman–Crippen LogP) is 3.52. The van der Waals surface area contributed by atoms with Gasteiger partial charge in [-0.1, -0.05) is 60.7 Å². The fourth-order valence-electron chi connectivity index (χ4n) is 6.14. The molecular formula is C32H37N2O6+. The third-order valence-electron chi connectivity index (χ3n) is 8.50. The molecule has 6 rings (SSSR count). The Morgan fingerprint density at radius 2 is 1.55 bits per heavy atom. The number of hydrogen-bond donors (Lipinski definition) is 2. The first-order valence-corrected chi connectivity index (χ1v) is 13.8. The summed E-state index contributed by atoms with van der Waals surface area (Å²) in [6.45, 7) is 3.83. The van der Waals surface area contributed by atoms with E-state index in [1.165, 1.54) is 7.11 Å². The van der Waals surface area contributed by atoms with E-state index in [1.807, 2.05) is 12.1 Å². The van der Waals surface area contributed by atoms with Gasteiger partial charge in [-0.05, 0) is 23.3 Å². The lowest BCUT2D eigenvalue weighted by atomic mass is 9.82. The third-order valence-corrected chi connectivity index (χ3v) is 8.50. The van der Waals surface area contributed by atoms with E-state index in [1.54, 1.807) is 73.8 Å². The summed E-state index contributed by atoms with van der Waals surface area (Å²) in [4.78, 5) is 26.6. The smallest absolute Gasteiger partial charge is 0.348 e. The average molecular weight is 546 g/mol. The number of hydrogen-bond acceptors (Lipinski definition) is 6. The van der Waals surface area contributed by atoms with E-state index in [0.29, 0.717) is 41.3 Å². The average Bonchev–Trinajstić information content (AvgIpc) is 3.01. The van der Waals surface area contributed by atoms with E-state index in [2.05, 4.69) is 5.32 Å². The van der Waals surface area contributed by atoms with Gasteiger partial charge in [0.15, 0.2) is 6.10 Å². The Labute approximate surface area is 235 Å². The minimum atomic E-state index is -1.90. The van der Waals surface area contributed by atoms with E-state index in [4.69, 9.17) is 14.2 Å². The zero-order valence-electron chi connectivity index (χ0n) is 23.0. The molecule has 3 saturated heterocycles. The highest BCUT2D eigenvalue weighted by Crippen LogP contribution is 2.38. The largest absolute Gasteiger partial charge is 0.497 e. The number of fused-ring (bicyclic) bond motifs is 3. The highest BCUT2D eigenvalue weighted by Gasteiger charge is 2.50. The molecule has 0 unspecified atom stereocenters. The third kappa shape index (κ3) is 5.42. The SMILES string of the molecule is COc1ccc(C(=O)NCC[N+]23CCC(CC2)[C@@H](OC(=O)C(O)(c2ccccc2)c2ccccc2)C3)c(OC)c1. The van der Waals surface area contributed by atoms with Crippen LogP contribution < -0.4 is 14.8 Å². The number of esters is 1. The van der Waals surface area contributed by atoms with Crippen molar-refractivity contribution in [2.24, 2.45) is 5.92 Å². The predicted molar refractivity (Wildman–Crippen MR) is 150 cm³/mol. The summed E-state index contributed by atoms with van der Waals surface area (Å²) in [5, 5.41) is 14.9. The van der Waals surface area contributed by atoms with E-state index < -0.39 is 11.6 Å². The van der Waals surface area contributed by atoms with Crippen molar-refractivity contribution in [3.8, 4) is 11.5 Å². The minimum absolute atomic E-state index is 0.205. The second kappa shape index (κ2) is 11.7. The summed E-state index contributed by atoms with van der Waals surface area (Å²) >= 11 is 0. The summed E-state index contributed by atoms with van der Waals surface area (Å²) in [5.41, 5.74) is -0.486. The van der Waals surface area contributed by atoms with Crippen LogP contribution in [0.2, 0.25) is 0 Å². The zero-order valence-corrected chi connectivity index (χ0v) is 23.0. The molecule has 0 spiro atoms. The van der Waals surface area contributed by atoms with Gasteiger partial charge < -0.3 is 29.1 Å². The number of methoxy groups -OCH3 is 2. The van der Waals surface area contributed by atoms with Crippen LogP contribution in [0.1, 0.15) is 34.3 Å². The normalized spacial score (nSPS) is 21.9. The van der Waals surface area contributed by atoms with E-state index in [0.717, 1.165) is 37.0 Å². The van der Waals surface area contributed by atoms with Crippen LogP contribution in [0.15, 0.2) is 78.9 Å². The lowest BCUT2D eigenvalue weighted by Crippen LogP contribution is -2.66. The number of rotatable bonds is 10. The summed E-state index contributed by atoms with van der Waals surface area (Å²) in [6.07, 6.45) is 1.58. The molecule has 1 amide bonds. The summed E-state index contributed by atoms with van der Waals surface area (Å²) in [7, 11) is 3.10. The maximum atomic E-state index is 13.7. The first kappa shape index (κ1) is 27.7. The molecule has 3 aromatic carbocycles. The molecule has 1 atom stereocenters. The van der Waals surface area contributed by atoms with Gasteiger partial charge in [0.2, 0.25) is 5.60 Å². The Morgan fingerprint density at radius 1 is 0.925 bits per heavy atom. The lowest BCUT2D eigenvalue weighted by molar-refractivity contribution is -0.945. The van der Waals surface area contributed by atoms with Gasteiger partial charge in [-0.3, -0.25) is 4.79 Å². The molecule has 2 bridgehead atoms. The maximum Gasteiger partial charge on any atom is 0.348 e. The second-order valence-corrected chi connectivity index (χ2v) is 10.7. The fourth-order valence-corrected chi connectivity index (χ4v) is 6.14. The first-order valence-electron chi connectivity index (χ1n) is 13.8. The number of carbonyl (C=O) groups is 2. The summed E-state index contributed by atoms with van der Waals surface area (Å²) < 4.78 is 17.5. The number of nitrogens with zero attached hydrogens (tertiary/aromatic N) is 1. The Hall–Kier alpha value is -3.88. The second-order valence-electron chi connectivity index (χ2n) is 10.7. The number of benzene rings is 3. The number of aliphatic hydroxyl groups is 1. The van der Waals surface area contributed by atoms with Crippen molar-refractivity contribution in [3.05, 3.63) is 95.6 Å². The van der Waals surface area contributed by atoms with Crippen molar-refractivity contribution in [2.45, 2.75) is 24.5 Å². The Bertz CT molecular complexity index is 1280. The van der Waals surface area contributed by atoms with Crippen LogP contribution in [0.3, 0.4) is 0 Å². The van der Waals surface area contributed by atoms with Crippen molar-refractivity contribution in [2.75, 3.05) is 46.9 Å². The number of nitrogens with one attached hydrogen (secondary N) is 1. The molecule has 0 aliphatic carbocycles. The van der Waals surface area contributed by atoms with Gasteiger partial charge in [0.25, 0.3) is 5.91 Å². The molecule has 3 heterocycles. The Kier molecular flexibility index (Phi) is 8.09. The van der Waals surface area contributed by atoms with Gasteiger partial charge in [-0.15, -0.1) is 0 Å². The minimum Gasteiger partial charge on any atom is -0.497 e. The Morgan fingerprint density at radius 3 is 2.12 bits per heavy atom. The molecule has 0 saturated carbocycles. The number of carbonyl (C=O) groups excluding carboxylic acids is 2. The molecule has 2 N–H and O–H groups in total. The van der Waals surface area contributed by atoms with E-state index in [-0.39, 0.29) is 17.9 Å². The molecule has 3 fully saturated rings. The monoisotopic (exact) mass is 545 g/mol. The van der Waals surface area contributed by atoms with Crippen molar-refractivity contribution < 1.29 is 33.4 Å². The number of quaternary nitrogens is 1. The molecule has 3 aromatic rings. The van der Waals surface area contributed by atoms with Crippen LogP contribution in [-0.4, -0.2) is 74.5 Å². The van der Waals surface area contributed by atoms with Crippen molar-refractivity contribution in [1.29, 1.82) is 0 Å². The summed E-state index contributed by atoms with van der Waals surface area (Å²) in [5.74, 6) is 0.483. The van der Waals surface area contributed by atoms with Gasteiger partial charge in [0.05, 0.1) is 46.0 Å². The van der Waals surface area contributed by atoms with Gasteiger partial charge >= 0.3 is 5.97 Å². The van der Waals surface area contributed by atoms with Crippen molar-refractivity contribution in [1.82, 2.24) is 5.32 Å². The summed E-state index contributed by atoms with van der Waals surface area (Å²) in [6, 6.07) is 23.1. The highest BCUT2D eigenvalue weighted by atomic mass is 16.6. The molecule has 3 aliphatic rings. The maximum absolute atomic E-state index is 13.7. The molecule has 8 heteroatoms. The quantitative estimate of drug-likeness (QED) is 0.299. The van der Waals surface area contributed by atoms with Crippen LogP contribution >= 0.6 is 0 Å². The standard InChI is InChI=1S/C32H36N2O6/c1-38-26-13-14-27(28(21-26)39-2)30(35)33-17-20-34-18-15-23(16-19-34)29(22-34)40-31(36)32(37,24-9-5-3-6-10-24)25-11-7-4-8-12-25/h3-14,21,23,29,37H,15-20,22H2,1-2H3/p+1/t23?,29-,34?/m0/s1. The number of amides is 1. The number of piperidine rings is 3.